The van der Waals surface area contributed by atoms with Gasteiger partial charge >= 0.3 is 0 Å². The van der Waals surface area contributed by atoms with E-state index in [0.29, 0.717) is 0 Å². The van der Waals surface area contributed by atoms with E-state index in [1.807, 2.05) is 6.08 Å². The Labute approximate surface area is 96.3 Å². The summed E-state index contributed by atoms with van der Waals surface area (Å²) in [7, 11) is 0. The molecular weight excluding hydrogens is 192 g/mol. The number of hydrogen-bond acceptors (Lipinski definition) is 0. The Kier molecular flexibility index (Phi) is 1.97. The van der Waals surface area contributed by atoms with Crippen molar-refractivity contribution in [2.45, 2.75) is 12.8 Å². The number of allylic oxidation sites excluding steroid dienone is 5. The first-order valence-corrected chi connectivity index (χ1v) is 5.65. The van der Waals surface area contributed by atoms with Crippen molar-refractivity contribution in [3.8, 4) is 0 Å². The molecule has 0 saturated heterocycles. The lowest BCUT2D eigenvalue weighted by Gasteiger charge is -2.25. The van der Waals surface area contributed by atoms with Crippen LogP contribution in [0.25, 0.3) is 17.2 Å². The first kappa shape index (κ1) is 9.41. The third-order valence-corrected chi connectivity index (χ3v) is 3.39. The van der Waals surface area contributed by atoms with Gasteiger partial charge in [0, 0.05) is 0 Å². The smallest absolute Gasteiger partial charge is 0.00707 e. The molecule has 0 fully saturated rings. The maximum absolute atomic E-state index is 4.18. The van der Waals surface area contributed by atoms with Gasteiger partial charge in [0.05, 0.1) is 0 Å². The van der Waals surface area contributed by atoms with Gasteiger partial charge < -0.3 is 0 Å². The topological polar surface area (TPSA) is 0 Å². The highest BCUT2D eigenvalue weighted by Crippen LogP contribution is 2.40. The molecule has 16 heavy (non-hydrogen) atoms. The normalized spacial score (nSPS) is 16.8. The first-order chi connectivity index (χ1) is 7.81. The van der Waals surface area contributed by atoms with Gasteiger partial charge in [0.25, 0.3) is 0 Å². The second-order valence-corrected chi connectivity index (χ2v) is 4.34. The van der Waals surface area contributed by atoms with Gasteiger partial charge in [-0.3, -0.25) is 0 Å². The van der Waals surface area contributed by atoms with Gasteiger partial charge in [0.15, 0.2) is 0 Å². The Hall–Kier alpha value is -1.82. The molecule has 0 nitrogen and oxygen atoms in total. The largest absolute Gasteiger partial charge is 0.0984 e. The van der Waals surface area contributed by atoms with Crippen molar-refractivity contribution in [2.75, 3.05) is 0 Å². The zero-order chi connectivity index (χ0) is 11.1. The van der Waals surface area contributed by atoms with Crippen LogP contribution in [0.1, 0.15) is 28.7 Å². The molecule has 0 atom stereocenters. The van der Waals surface area contributed by atoms with Crippen molar-refractivity contribution in [1.82, 2.24) is 0 Å². The minimum absolute atomic E-state index is 0.955. The van der Waals surface area contributed by atoms with Crippen molar-refractivity contribution in [3.05, 3.63) is 65.8 Å². The fraction of sp³-hybridized carbons (Fsp3) is 0.125. The molecule has 3 rings (SSSR count). The molecule has 2 aliphatic rings. The van der Waals surface area contributed by atoms with E-state index in [9.17, 15) is 0 Å². The summed E-state index contributed by atoms with van der Waals surface area (Å²) < 4.78 is 0. The van der Waals surface area contributed by atoms with Gasteiger partial charge in [-0.25, -0.2) is 0 Å². The Morgan fingerprint density at radius 1 is 1.12 bits per heavy atom. The second kappa shape index (κ2) is 3.34. The zero-order valence-electron chi connectivity index (χ0n) is 9.29. The zero-order valence-corrected chi connectivity index (χ0v) is 9.29. The maximum Gasteiger partial charge on any atom is -0.00707 e. The molecule has 0 aliphatic heterocycles. The van der Waals surface area contributed by atoms with Crippen LogP contribution in [0, 0.1) is 0 Å². The number of rotatable bonds is 1. The van der Waals surface area contributed by atoms with Crippen LogP contribution in [0.15, 0.2) is 43.5 Å². The minimum Gasteiger partial charge on any atom is -0.0984 e. The van der Waals surface area contributed by atoms with Crippen LogP contribution < -0.4 is 0 Å². The van der Waals surface area contributed by atoms with E-state index in [1.54, 1.807) is 0 Å². The Morgan fingerprint density at radius 2 is 2.00 bits per heavy atom. The standard InChI is InChI=1S/C16H14/c1-3-12-9-10-14-6-4-5-13-8-7-11(2)15(12)16(13)14/h3-5,8-10H,1-2,6-7H2. The van der Waals surface area contributed by atoms with Crippen LogP contribution in [-0.2, 0) is 6.42 Å². The molecule has 78 valence electrons. The molecule has 0 saturated carbocycles. The van der Waals surface area contributed by atoms with Crippen LogP contribution in [0.2, 0.25) is 0 Å². The van der Waals surface area contributed by atoms with E-state index in [0.717, 1.165) is 12.8 Å². The minimum atomic E-state index is 0.955. The van der Waals surface area contributed by atoms with Crippen LogP contribution in [0.4, 0.5) is 0 Å². The second-order valence-electron chi connectivity index (χ2n) is 4.34. The first-order valence-electron chi connectivity index (χ1n) is 5.65. The average molecular weight is 206 g/mol. The summed E-state index contributed by atoms with van der Waals surface area (Å²) in [4.78, 5) is 0. The van der Waals surface area contributed by atoms with Crippen molar-refractivity contribution in [3.63, 3.8) is 0 Å². The van der Waals surface area contributed by atoms with Gasteiger partial charge in [-0.1, -0.05) is 49.6 Å². The lowest BCUT2D eigenvalue weighted by molar-refractivity contribution is 1.19. The highest BCUT2D eigenvalue weighted by atomic mass is 14.2. The Bertz CT molecular complexity index is 554. The van der Waals surface area contributed by atoms with Gasteiger partial charge in [-0.05, 0) is 46.2 Å². The quantitative estimate of drug-likeness (QED) is 0.644. The van der Waals surface area contributed by atoms with Crippen LogP contribution >= 0.6 is 0 Å². The van der Waals surface area contributed by atoms with E-state index < -0.39 is 0 Å². The van der Waals surface area contributed by atoms with Gasteiger partial charge in [0.1, 0.15) is 0 Å². The fourth-order valence-electron chi connectivity index (χ4n) is 2.61. The molecule has 0 radical (unpaired) electrons. The molecule has 0 heteroatoms. The molecule has 0 unspecified atom stereocenters. The fourth-order valence-corrected chi connectivity index (χ4v) is 2.61. The van der Waals surface area contributed by atoms with E-state index in [-0.39, 0.29) is 0 Å². The van der Waals surface area contributed by atoms with Crippen molar-refractivity contribution in [2.24, 2.45) is 0 Å². The van der Waals surface area contributed by atoms with E-state index >= 15 is 0 Å². The van der Waals surface area contributed by atoms with Gasteiger partial charge in [-0.15, -0.1) is 0 Å². The lowest BCUT2D eigenvalue weighted by Crippen LogP contribution is -2.06. The summed E-state index contributed by atoms with van der Waals surface area (Å²) in [5.74, 6) is 0. The van der Waals surface area contributed by atoms with Crippen molar-refractivity contribution in [1.29, 1.82) is 0 Å². The van der Waals surface area contributed by atoms with Crippen LogP contribution in [-0.4, -0.2) is 0 Å². The molecule has 1 aromatic rings. The van der Waals surface area contributed by atoms with Crippen LogP contribution in [0.3, 0.4) is 0 Å². The highest BCUT2D eigenvalue weighted by molar-refractivity contribution is 5.93. The van der Waals surface area contributed by atoms with E-state index in [2.05, 4.69) is 43.5 Å². The van der Waals surface area contributed by atoms with Crippen molar-refractivity contribution < 1.29 is 0 Å². The average Bonchev–Trinajstić information content (AvgIpc) is 2.33. The van der Waals surface area contributed by atoms with E-state index in [4.69, 9.17) is 0 Å². The summed E-state index contributed by atoms with van der Waals surface area (Å²) in [5.41, 5.74) is 7.89. The van der Waals surface area contributed by atoms with Gasteiger partial charge in [-0.2, -0.15) is 0 Å². The maximum atomic E-state index is 4.18. The SMILES string of the molecule is C=Cc1ccc2c3c1C(=C)CC=C3C=CC2. The van der Waals surface area contributed by atoms with Gasteiger partial charge in [0.2, 0.25) is 0 Å². The molecule has 0 spiro atoms. The van der Waals surface area contributed by atoms with Crippen LogP contribution in [0.5, 0.6) is 0 Å². The molecule has 0 aromatic heterocycles. The lowest BCUT2D eigenvalue weighted by atomic mass is 9.79. The van der Waals surface area contributed by atoms with Crippen molar-refractivity contribution >= 4 is 17.2 Å². The summed E-state index contributed by atoms with van der Waals surface area (Å²) in [6, 6.07) is 4.38. The Balaban J connectivity index is 2.39. The summed E-state index contributed by atoms with van der Waals surface area (Å²) in [6.45, 7) is 8.08. The molecule has 0 heterocycles. The predicted molar refractivity (Wildman–Crippen MR) is 71.0 cm³/mol. The van der Waals surface area contributed by atoms with E-state index in [1.165, 1.54) is 33.4 Å². The summed E-state index contributed by atoms with van der Waals surface area (Å²) in [6.07, 6.45) is 10.7. The highest BCUT2D eigenvalue weighted by Gasteiger charge is 2.21. The Morgan fingerprint density at radius 3 is 2.81 bits per heavy atom. The predicted octanol–water partition coefficient (Wildman–Crippen LogP) is 4.24. The molecule has 0 amide bonds. The molecule has 2 aliphatic carbocycles. The third kappa shape index (κ3) is 1.16. The molecular formula is C16H14. The summed E-state index contributed by atoms with van der Waals surface area (Å²) in [5, 5.41) is 0. The molecule has 0 N–H and O–H groups in total. The molecule has 1 aromatic carbocycles. The third-order valence-electron chi connectivity index (χ3n) is 3.39. The number of benzene rings is 1. The monoisotopic (exact) mass is 206 g/mol. The molecule has 0 bridgehead atoms. The number of hydrogen-bond donors (Lipinski definition) is 0. The summed E-state index contributed by atoms with van der Waals surface area (Å²) >= 11 is 0.